The van der Waals surface area contributed by atoms with Gasteiger partial charge >= 0.3 is 18.5 Å². The summed E-state index contributed by atoms with van der Waals surface area (Å²) in [7, 11) is 0. The first-order valence-corrected chi connectivity index (χ1v) is 5.38. The van der Waals surface area contributed by atoms with Crippen molar-refractivity contribution in [2.75, 3.05) is 0 Å². The van der Waals surface area contributed by atoms with Crippen molar-refractivity contribution < 1.29 is 39.5 Å². The maximum atomic E-state index is 12.5. The Morgan fingerprint density at radius 2 is 1.33 bits per heavy atom. The molecule has 10 heteroatoms. The quantitative estimate of drug-likeness (QED) is 0.489. The summed E-state index contributed by atoms with van der Waals surface area (Å²) >= 11 is 0. The van der Waals surface area contributed by atoms with E-state index in [1.54, 1.807) is 0 Å². The van der Waals surface area contributed by atoms with Crippen molar-refractivity contribution in [2.45, 2.75) is 38.8 Å². The Morgan fingerprint density at radius 1 is 0.857 bits per heavy atom. The van der Waals surface area contributed by atoms with E-state index in [-0.39, 0.29) is 6.42 Å². The first-order chi connectivity index (χ1) is 9.19. The van der Waals surface area contributed by atoms with Crippen molar-refractivity contribution >= 4 is 5.71 Å². The molecule has 0 aliphatic carbocycles. The molecule has 0 aliphatic rings. The molecule has 0 saturated carbocycles. The average molecular weight is 327 g/mol. The first kappa shape index (κ1) is 19.5. The van der Waals surface area contributed by atoms with Crippen molar-refractivity contribution in [3.63, 3.8) is 0 Å². The number of nitrogens with zero attached hydrogens (tertiary/aromatic N) is 1. The highest BCUT2D eigenvalue weighted by atomic mass is 19.4. The van der Waals surface area contributed by atoms with Gasteiger partial charge in [0.2, 0.25) is 0 Å². The third-order valence-corrected chi connectivity index (χ3v) is 2.02. The number of hydrogen-bond donors (Lipinski definition) is 0. The van der Waals surface area contributed by atoms with Gasteiger partial charge in [-0.25, -0.2) is 4.99 Å². The SMILES string of the molecule is CC\C=C(/N=C(\C=C(/C)C(F)(F)F)C(F)(F)F)C(F)(F)F. The fourth-order valence-corrected chi connectivity index (χ4v) is 1.01. The molecule has 0 spiro atoms. The van der Waals surface area contributed by atoms with Crippen molar-refractivity contribution in [2.24, 2.45) is 4.99 Å². The summed E-state index contributed by atoms with van der Waals surface area (Å²) in [5.41, 5.74) is -5.88. The predicted molar refractivity (Wildman–Crippen MR) is 57.7 cm³/mol. The van der Waals surface area contributed by atoms with Crippen LogP contribution in [0.15, 0.2) is 28.4 Å². The van der Waals surface area contributed by atoms with Gasteiger partial charge in [-0.2, -0.15) is 39.5 Å². The van der Waals surface area contributed by atoms with E-state index in [1.165, 1.54) is 6.92 Å². The Labute approximate surface area is 113 Å². The second kappa shape index (κ2) is 6.52. The lowest BCUT2D eigenvalue weighted by atomic mass is 10.2. The van der Waals surface area contributed by atoms with E-state index >= 15 is 0 Å². The topological polar surface area (TPSA) is 12.4 Å². The van der Waals surface area contributed by atoms with Crippen LogP contribution in [0.2, 0.25) is 0 Å². The van der Waals surface area contributed by atoms with Crippen LogP contribution in [0, 0.1) is 0 Å². The molecule has 0 unspecified atom stereocenters. The zero-order valence-electron chi connectivity index (χ0n) is 10.7. The lowest BCUT2D eigenvalue weighted by Gasteiger charge is -2.13. The van der Waals surface area contributed by atoms with Crippen molar-refractivity contribution in [3.05, 3.63) is 23.4 Å². The molecule has 122 valence electrons. The average Bonchev–Trinajstić information content (AvgIpc) is 2.22. The molecular formula is C11H10F9N. The van der Waals surface area contributed by atoms with E-state index < -0.39 is 41.6 Å². The molecule has 0 fully saturated rings. The maximum Gasteiger partial charge on any atom is 0.433 e. The monoisotopic (exact) mass is 327 g/mol. The summed E-state index contributed by atoms with van der Waals surface area (Å²) in [6.45, 7) is 1.52. The molecule has 0 amide bonds. The van der Waals surface area contributed by atoms with E-state index in [2.05, 4.69) is 4.99 Å². The Hall–Kier alpha value is -1.48. The molecule has 0 radical (unpaired) electrons. The fourth-order valence-electron chi connectivity index (χ4n) is 1.01. The number of alkyl halides is 9. The second-order valence-corrected chi connectivity index (χ2v) is 3.82. The van der Waals surface area contributed by atoms with Gasteiger partial charge in [0.1, 0.15) is 11.4 Å². The molecule has 1 nitrogen and oxygen atoms in total. The minimum Gasteiger partial charge on any atom is -0.239 e. The molecule has 0 aromatic rings. The van der Waals surface area contributed by atoms with Crippen LogP contribution < -0.4 is 0 Å². The second-order valence-electron chi connectivity index (χ2n) is 3.82. The highest BCUT2D eigenvalue weighted by molar-refractivity contribution is 6.00. The van der Waals surface area contributed by atoms with E-state index in [4.69, 9.17) is 0 Å². The molecule has 0 rings (SSSR count). The lowest BCUT2D eigenvalue weighted by Crippen LogP contribution is -2.25. The normalized spacial score (nSPS) is 16.4. The van der Waals surface area contributed by atoms with Crippen LogP contribution in [0.5, 0.6) is 0 Å². The van der Waals surface area contributed by atoms with Crippen molar-refractivity contribution in [1.82, 2.24) is 0 Å². The van der Waals surface area contributed by atoms with Crippen LogP contribution in [0.3, 0.4) is 0 Å². The summed E-state index contributed by atoms with van der Waals surface area (Å²) < 4.78 is 111. The van der Waals surface area contributed by atoms with E-state index in [0.717, 1.165) is 0 Å². The molecule has 0 aromatic carbocycles. The molecule has 0 aliphatic heterocycles. The number of aliphatic imine (C=N–C) groups is 1. The Morgan fingerprint density at radius 3 is 1.62 bits per heavy atom. The molecule has 0 atom stereocenters. The Kier molecular flexibility index (Phi) is 6.06. The van der Waals surface area contributed by atoms with E-state index in [0.29, 0.717) is 13.0 Å². The van der Waals surface area contributed by atoms with Crippen LogP contribution in [-0.2, 0) is 0 Å². The molecule has 0 aromatic heterocycles. The zero-order valence-corrected chi connectivity index (χ0v) is 10.7. The Bertz CT molecular complexity index is 446. The molecule has 0 saturated heterocycles. The van der Waals surface area contributed by atoms with Crippen LogP contribution in [0.25, 0.3) is 0 Å². The number of allylic oxidation sites excluding steroid dienone is 4. The molecule has 0 heterocycles. The minimum absolute atomic E-state index is 0.286. The molecule has 21 heavy (non-hydrogen) atoms. The van der Waals surface area contributed by atoms with Crippen LogP contribution in [0.1, 0.15) is 20.3 Å². The van der Waals surface area contributed by atoms with Crippen molar-refractivity contribution in [3.8, 4) is 0 Å². The smallest absolute Gasteiger partial charge is 0.239 e. The number of halogens is 9. The largest absolute Gasteiger partial charge is 0.433 e. The van der Waals surface area contributed by atoms with Gasteiger partial charge < -0.3 is 0 Å². The highest BCUT2D eigenvalue weighted by Crippen LogP contribution is 2.31. The number of rotatable bonds is 3. The summed E-state index contributed by atoms with van der Waals surface area (Å²) in [5, 5.41) is 0. The van der Waals surface area contributed by atoms with Gasteiger partial charge in [-0.1, -0.05) is 13.0 Å². The fraction of sp³-hybridized carbons (Fsp3) is 0.545. The minimum atomic E-state index is -5.45. The van der Waals surface area contributed by atoms with Crippen LogP contribution in [-0.4, -0.2) is 24.2 Å². The summed E-state index contributed by atoms with van der Waals surface area (Å²) in [5.74, 6) is 0. The maximum absolute atomic E-state index is 12.5. The molecular weight excluding hydrogens is 317 g/mol. The number of hydrogen-bond acceptors (Lipinski definition) is 1. The van der Waals surface area contributed by atoms with E-state index in [1.807, 2.05) is 0 Å². The Balaban J connectivity index is 5.97. The van der Waals surface area contributed by atoms with Gasteiger partial charge in [-0.05, 0) is 19.4 Å². The zero-order chi connectivity index (χ0) is 17.1. The van der Waals surface area contributed by atoms with Crippen LogP contribution in [0.4, 0.5) is 39.5 Å². The first-order valence-electron chi connectivity index (χ1n) is 5.38. The van der Waals surface area contributed by atoms with Crippen molar-refractivity contribution in [1.29, 1.82) is 0 Å². The van der Waals surface area contributed by atoms with Gasteiger partial charge in [-0.3, -0.25) is 0 Å². The van der Waals surface area contributed by atoms with Gasteiger partial charge in [0.25, 0.3) is 0 Å². The third-order valence-electron chi connectivity index (χ3n) is 2.02. The lowest BCUT2D eigenvalue weighted by molar-refractivity contribution is -0.0933. The predicted octanol–water partition coefficient (Wildman–Crippen LogP) is 5.35. The molecule has 0 bridgehead atoms. The summed E-state index contributed by atoms with van der Waals surface area (Å²) in [6.07, 6.45) is -16.2. The highest BCUT2D eigenvalue weighted by Gasteiger charge is 2.41. The molecule has 0 N–H and O–H groups in total. The summed E-state index contributed by atoms with van der Waals surface area (Å²) in [4.78, 5) is 2.31. The van der Waals surface area contributed by atoms with Gasteiger partial charge in [0.15, 0.2) is 0 Å². The van der Waals surface area contributed by atoms with Gasteiger partial charge in [0, 0.05) is 5.57 Å². The third kappa shape index (κ3) is 6.67. The van der Waals surface area contributed by atoms with E-state index in [9.17, 15) is 39.5 Å². The van der Waals surface area contributed by atoms with Gasteiger partial charge in [-0.15, -0.1) is 0 Å². The van der Waals surface area contributed by atoms with Crippen LogP contribution >= 0.6 is 0 Å². The summed E-state index contributed by atoms with van der Waals surface area (Å²) in [6, 6.07) is 0. The van der Waals surface area contributed by atoms with Gasteiger partial charge in [0.05, 0.1) is 0 Å². The standard InChI is InChI=1S/C11H10F9N/c1-3-4-7(10(15,16)17)21-8(11(18,19)20)5-6(2)9(12,13)14/h4-5H,3H2,1-2H3/b6-5+,7-4-,21-8+.